The molecule has 1 amide bonds. The summed E-state index contributed by atoms with van der Waals surface area (Å²) in [7, 11) is 0. The van der Waals surface area contributed by atoms with Crippen molar-refractivity contribution in [3.63, 3.8) is 0 Å². The van der Waals surface area contributed by atoms with Crippen LogP contribution in [0.1, 0.15) is 45.1 Å². The van der Waals surface area contributed by atoms with Crippen molar-refractivity contribution in [3.05, 3.63) is 67.3 Å². The molecule has 9 nitrogen and oxygen atoms in total. The number of nitrogens with zero attached hydrogens (tertiary/aromatic N) is 2. The maximum Gasteiger partial charge on any atom is 0.410 e. The zero-order valence-corrected chi connectivity index (χ0v) is 22.8. The third-order valence-electron chi connectivity index (χ3n) is 6.48. The van der Waals surface area contributed by atoms with Crippen molar-refractivity contribution in [3.8, 4) is 11.4 Å². The minimum Gasteiger partial charge on any atom is -0.491 e. The molecule has 1 atom stereocenters. The second-order valence-corrected chi connectivity index (χ2v) is 11.5. The largest absolute Gasteiger partial charge is 0.491 e. The maximum atomic E-state index is 13.1. The zero-order valence-electron chi connectivity index (χ0n) is 21.2. The summed E-state index contributed by atoms with van der Waals surface area (Å²) < 4.78 is 13.9. The number of rotatable bonds is 5. The third-order valence-corrected chi connectivity index (χ3v) is 6.94. The smallest absolute Gasteiger partial charge is 0.410 e. The highest BCUT2D eigenvalue weighted by Crippen LogP contribution is 2.43. The summed E-state index contributed by atoms with van der Waals surface area (Å²) in [6, 6.07) is 11.2. The molecule has 1 saturated carbocycles. The van der Waals surface area contributed by atoms with Gasteiger partial charge in [-0.3, -0.25) is 14.3 Å². The summed E-state index contributed by atoms with van der Waals surface area (Å²) in [5.74, 6) is 0.776. The lowest BCUT2D eigenvalue weighted by molar-refractivity contribution is 0.0178. The van der Waals surface area contributed by atoms with Crippen LogP contribution >= 0.6 is 15.9 Å². The first-order valence-corrected chi connectivity index (χ1v) is 13.3. The topological polar surface area (TPSA) is 106 Å². The van der Waals surface area contributed by atoms with Gasteiger partial charge < -0.3 is 19.7 Å². The van der Waals surface area contributed by atoms with Gasteiger partial charge in [-0.05, 0) is 63.3 Å². The van der Waals surface area contributed by atoms with Gasteiger partial charge in [0.2, 0.25) is 0 Å². The Morgan fingerprint density at radius 2 is 1.92 bits per heavy atom. The van der Waals surface area contributed by atoms with Crippen molar-refractivity contribution in [2.45, 2.75) is 51.2 Å². The first kappa shape index (κ1) is 25.5. The van der Waals surface area contributed by atoms with Gasteiger partial charge in [-0.25, -0.2) is 9.59 Å². The van der Waals surface area contributed by atoms with Gasteiger partial charge in [0.1, 0.15) is 23.3 Å². The van der Waals surface area contributed by atoms with Gasteiger partial charge in [-0.2, -0.15) is 0 Å². The van der Waals surface area contributed by atoms with Crippen LogP contribution in [0.3, 0.4) is 0 Å². The number of halogens is 1. The molecular formula is C27H31BrN4O5. The molecule has 2 heterocycles. The number of piperazine rings is 1. The highest BCUT2D eigenvalue weighted by Gasteiger charge is 2.29. The minimum absolute atomic E-state index is 0.157. The molecule has 2 aromatic carbocycles. The van der Waals surface area contributed by atoms with Gasteiger partial charge in [0.05, 0.1) is 17.2 Å². The molecule has 1 aliphatic carbocycles. The molecule has 0 radical (unpaired) electrons. The van der Waals surface area contributed by atoms with Crippen LogP contribution in [0.4, 0.5) is 4.79 Å². The number of aromatic nitrogens is 2. The number of nitrogens with one attached hydrogen (secondary N) is 2. The Kier molecular flexibility index (Phi) is 6.89. The molecule has 10 heteroatoms. The van der Waals surface area contributed by atoms with Gasteiger partial charge in [-0.1, -0.05) is 34.1 Å². The van der Waals surface area contributed by atoms with Crippen molar-refractivity contribution in [1.29, 1.82) is 0 Å². The first-order chi connectivity index (χ1) is 17.6. The summed E-state index contributed by atoms with van der Waals surface area (Å²) in [4.78, 5) is 42.8. The van der Waals surface area contributed by atoms with Crippen molar-refractivity contribution in [2.24, 2.45) is 0 Å². The van der Waals surface area contributed by atoms with Gasteiger partial charge >= 0.3 is 11.8 Å². The van der Waals surface area contributed by atoms with Crippen molar-refractivity contribution < 1.29 is 14.3 Å². The Morgan fingerprint density at radius 3 is 2.65 bits per heavy atom. The summed E-state index contributed by atoms with van der Waals surface area (Å²) in [6.45, 7) is 7.30. The Morgan fingerprint density at radius 1 is 1.16 bits per heavy atom. The van der Waals surface area contributed by atoms with E-state index in [9.17, 15) is 14.4 Å². The Hall–Kier alpha value is -3.11. The fraction of sp³-hybridized carbons (Fsp3) is 0.444. The van der Waals surface area contributed by atoms with E-state index in [1.807, 2.05) is 45.0 Å². The van der Waals surface area contributed by atoms with E-state index in [1.165, 1.54) is 0 Å². The van der Waals surface area contributed by atoms with Crippen molar-refractivity contribution in [2.75, 3.05) is 26.2 Å². The van der Waals surface area contributed by atoms with Gasteiger partial charge in [0.15, 0.2) is 0 Å². The average molecular weight is 571 g/mol. The molecule has 1 saturated heterocycles. The van der Waals surface area contributed by atoms with E-state index in [0.29, 0.717) is 46.7 Å². The number of carbonyl (C=O) groups is 1. The molecular weight excluding hydrogens is 540 g/mol. The van der Waals surface area contributed by atoms with E-state index >= 15 is 0 Å². The number of carbonyl (C=O) groups excluding carboxylic acids is 1. The summed E-state index contributed by atoms with van der Waals surface area (Å²) >= 11 is 3.53. The molecule has 3 aromatic rings. The molecule has 0 bridgehead atoms. The van der Waals surface area contributed by atoms with E-state index in [2.05, 4.69) is 26.2 Å². The number of hydrogen-bond donors (Lipinski definition) is 2. The summed E-state index contributed by atoms with van der Waals surface area (Å²) in [5.41, 5.74) is 0.763. The first-order valence-electron chi connectivity index (χ1n) is 12.5. The van der Waals surface area contributed by atoms with Crippen LogP contribution in [-0.4, -0.2) is 58.4 Å². The number of ether oxygens (including phenoxy) is 2. The van der Waals surface area contributed by atoms with E-state index in [4.69, 9.17) is 9.47 Å². The number of aromatic amines is 1. The van der Waals surface area contributed by atoms with Gasteiger partial charge in [0, 0.05) is 24.1 Å². The second kappa shape index (κ2) is 9.98. The number of amides is 1. The lowest BCUT2D eigenvalue weighted by Crippen LogP contribution is -2.55. The quantitative estimate of drug-likeness (QED) is 0.482. The van der Waals surface area contributed by atoms with Gasteiger partial charge in [-0.15, -0.1) is 0 Å². The third kappa shape index (κ3) is 5.60. The van der Waals surface area contributed by atoms with E-state index in [1.54, 1.807) is 21.6 Å². The van der Waals surface area contributed by atoms with Crippen LogP contribution in [-0.2, 0) is 4.74 Å². The normalized spacial score (nSPS) is 18.2. The van der Waals surface area contributed by atoms with Gasteiger partial charge in [0.25, 0.3) is 5.56 Å². The van der Waals surface area contributed by atoms with Crippen LogP contribution in [0, 0.1) is 0 Å². The second-order valence-electron chi connectivity index (χ2n) is 10.6. The molecule has 2 aliphatic rings. The molecule has 196 valence electrons. The monoisotopic (exact) mass is 570 g/mol. The Balaban J connectivity index is 1.46. The number of benzene rings is 2. The van der Waals surface area contributed by atoms with Crippen molar-refractivity contribution >= 4 is 32.9 Å². The number of para-hydroxylation sites is 1. The summed E-state index contributed by atoms with van der Waals surface area (Å²) in [5, 5.41) is 3.66. The fourth-order valence-electron chi connectivity index (χ4n) is 4.70. The minimum atomic E-state index is -0.571. The van der Waals surface area contributed by atoms with Crippen LogP contribution in [0.2, 0.25) is 0 Å². The van der Waals surface area contributed by atoms with Crippen LogP contribution in [0.5, 0.6) is 5.75 Å². The lowest BCUT2D eigenvalue weighted by Gasteiger charge is -2.34. The molecule has 1 unspecified atom stereocenters. The number of H-pyrrole nitrogens is 1. The Labute approximate surface area is 222 Å². The molecule has 1 aliphatic heterocycles. The zero-order chi connectivity index (χ0) is 26.3. The maximum absolute atomic E-state index is 13.1. The highest BCUT2D eigenvalue weighted by molar-refractivity contribution is 9.10. The molecule has 2 N–H and O–H groups in total. The predicted molar refractivity (Wildman–Crippen MR) is 145 cm³/mol. The average Bonchev–Trinajstić information content (AvgIpc) is 3.67. The highest BCUT2D eigenvalue weighted by atomic mass is 79.9. The number of fused-ring (bicyclic) bond motifs is 1. The van der Waals surface area contributed by atoms with Crippen molar-refractivity contribution in [1.82, 2.24) is 19.8 Å². The van der Waals surface area contributed by atoms with Crippen LogP contribution < -0.4 is 21.3 Å². The predicted octanol–water partition coefficient (Wildman–Crippen LogP) is 3.91. The van der Waals surface area contributed by atoms with E-state index in [0.717, 1.165) is 24.1 Å². The van der Waals surface area contributed by atoms with Crippen LogP contribution in [0.15, 0.2) is 50.5 Å². The number of hydrogen-bond acceptors (Lipinski definition) is 6. The molecule has 1 aromatic heterocycles. The molecule has 37 heavy (non-hydrogen) atoms. The Bertz CT molecular complexity index is 1450. The van der Waals surface area contributed by atoms with E-state index < -0.39 is 16.9 Å². The molecule has 0 spiro atoms. The van der Waals surface area contributed by atoms with Crippen LogP contribution in [0.25, 0.3) is 16.6 Å². The lowest BCUT2D eigenvalue weighted by atomic mass is 10.1. The standard InChI is InChI=1S/C27H31BrN4O5/c1-27(2,3)37-26(35)31-11-10-29-18(14-31)15-36-22-13-17(28)12-21-23(22)24(33)30-25(34)32(21)20-7-5-4-6-19(20)16-8-9-16/h4-7,12-13,16,18,29H,8-11,14-15H2,1-3H3,(H,30,33,34). The molecule has 5 rings (SSSR count). The summed E-state index contributed by atoms with van der Waals surface area (Å²) in [6.07, 6.45) is 1.81. The fourth-order valence-corrected chi connectivity index (χ4v) is 5.13. The molecule has 2 fully saturated rings. The van der Waals surface area contributed by atoms with E-state index in [-0.39, 0.29) is 18.7 Å². The SMILES string of the molecule is CC(C)(C)OC(=O)N1CCNC(COc2cc(Br)cc3c2c(=O)[nH]c(=O)n3-c2ccccc2C2CC2)C1.